The molecule has 0 spiro atoms. The van der Waals surface area contributed by atoms with Crippen LogP contribution in [0.15, 0.2) is 54.6 Å². The summed E-state index contributed by atoms with van der Waals surface area (Å²) < 4.78 is 26.2. The van der Waals surface area contributed by atoms with Crippen LogP contribution in [0.1, 0.15) is 44.7 Å². The van der Waals surface area contributed by atoms with Crippen LogP contribution < -0.4 is 9.62 Å². The van der Waals surface area contributed by atoms with E-state index in [1.54, 1.807) is 30.3 Å². The predicted octanol–water partition coefficient (Wildman–Crippen LogP) is 3.48. The number of hydrogen-bond acceptors (Lipinski definition) is 4. The number of carbonyl (C=O) groups is 2. The van der Waals surface area contributed by atoms with Crippen LogP contribution in [-0.2, 0) is 26.2 Å². The fourth-order valence-electron chi connectivity index (χ4n) is 3.54. The first-order valence-corrected chi connectivity index (χ1v) is 13.1. The summed E-state index contributed by atoms with van der Waals surface area (Å²) in [6.45, 7) is 7.52. The van der Waals surface area contributed by atoms with Gasteiger partial charge in [0.15, 0.2) is 0 Å². The summed E-state index contributed by atoms with van der Waals surface area (Å²) in [6, 6.07) is 15.4. The predicted molar refractivity (Wildman–Crippen MR) is 132 cm³/mol. The third kappa shape index (κ3) is 7.32. The Labute approximate surface area is 197 Å². The standard InChI is InChI=1S/C25H35N3O4S/c1-6-20(4)26-25(30)23(7-2)27(17-21-14-12-11-13-19(21)3)24(29)18-28(33(5,31)32)22-15-9-8-10-16-22/h8-16,20,23H,6-7,17-18H2,1-5H3,(H,26,30)/t20-,23+/m0/s1. The number of aryl methyl sites for hydroxylation is 1. The van der Waals surface area contributed by atoms with Crippen molar-refractivity contribution in [2.24, 2.45) is 0 Å². The molecule has 0 aliphatic heterocycles. The Morgan fingerprint density at radius 3 is 2.12 bits per heavy atom. The molecule has 0 unspecified atom stereocenters. The molecule has 2 aromatic rings. The monoisotopic (exact) mass is 473 g/mol. The quantitative estimate of drug-likeness (QED) is 0.541. The molecule has 0 fully saturated rings. The van der Waals surface area contributed by atoms with E-state index in [0.717, 1.165) is 28.1 Å². The Morgan fingerprint density at radius 1 is 0.970 bits per heavy atom. The fourth-order valence-corrected chi connectivity index (χ4v) is 4.39. The van der Waals surface area contributed by atoms with Crippen molar-refractivity contribution in [2.75, 3.05) is 17.1 Å². The smallest absolute Gasteiger partial charge is 0.244 e. The van der Waals surface area contributed by atoms with Gasteiger partial charge in [-0.25, -0.2) is 8.42 Å². The first-order chi connectivity index (χ1) is 15.6. The highest BCUT2D eigenvalue weighted by Crippen LogP contribution is 2.20. The van der Waals surface area contributed by atoms with Crippen LogP contribution in [0, 0.1) is 6.92 Å². The van der Waals surface area contributed by atoms with Gasteiger partial charge in [0.25, 0.3) is 0 Å². The van der Waals surface area contributed by atoms with Gasteiger partial charge in [-0.05, 0) is 49.9 Å². The minimum atomic E-state index is -3.72. The zero-order valence-electron chi connectivity index (χ0n) is 20.1. The summed E-state index contributed by atoms with van der Waals surface area (Å²) in [4.78, 5) is 28.2. The van der Waals surface area contributed by atoms with Gasteiger partial charge in [0.05, 0.1) is 11.9 Å². The van der Waals surface area contributed by atoms with Crippen LogP contribution in [0.3, 0.4) is 0 Å². The molecule has 0 heterocycles. The van der Waals surface area contributed by atoms with Crippen LogP contribution in [0.25, 0.3) is 0 Å². The molecule has 0 bridgehead atoms. The molecule has 2 atom stereocenters. The van der Waals surface area contributed by atoms with E-state index < -0.39 is 22.0 Å². The van der Waals surface area contributed by atoms with Crippen molar-refractivity contribution < 1.29 is 18.0 Å². The van der Waals surface area contributed by atoms with Crippen LogP contribution in [-0.4, -0.2) is 50.0 Å². The molecule has 0 aliphatic carbocycles. The van der Waals surface area contributed by atoms with Crippen molar-refractivity contribution in [3.63, 3.8) is 0 Å². The summed E-state index contributed by atoms with van der Waals surface area (Å²) in [6.07, 6.45) is 2.25. The van der Waals surface area contributed by atoms with Gasteiger partial charge in [-0.3, -0.25) is 13.9 Å². The molecule has 33 heavy (non-hydrogen) atoms. The van der Waals surface area contributed by atoms with Crippen molar-refractivity contribution in [1.82, 2.24) is 10.2 Å². The summed E-state index contributed by atoms with van der Waals surface area (Å²) >= 11 is 0. The van der Waals surface area contributed by atoms with Crippen molar-refractivity contribution >= 4 is 27.5 Å². The molecule has 180 valence electrons. The van der Waals surface area contributed by atoms with E-state index in [1.807, 2.05) is 52.0 Å². The largest absolute Gasteiger partial charge is 0.352 e. The number of anilines is 1. The lowest BCUT2D eigenvalue weighted by atomic mass is 10.1. The molecular weight excluding hydrogens is 438 g/mol. The van der Waals surface area contributed by atoms with Crippen molar-refractivity contribution in [3.8, 4) is 0 Å². The van der Waals surface area contributed by atoms with Crippen LogP contribution in [0.2, 0.25) is 0 Å². The highest BCUT2D eigenvalue weighted by atomic mass is 32.2. The molecule has 1 N–H and O–H groups in total. The summed E-state index contributed by atoms with van der Waals surface area (Å²) in [5.74, 6) is -0.668. The maximum atomic E-state index is 13.6. The lowest BCUT2D eigenvalue weighted by Crippen LogP contribution is -2.53. The Bertz CT molecular complexity index is 1040. The average Bonchev–Trinajstić information content (AvgIpc) is 2.78. The summed E-state index contributed by atoms with van der Waals surface area (Å²) in [5.41, 5.74) is 2.31. The first kappa shape index (κ1) is 26.4. The van der Waals surface area contributed by atoms with E-state index in [1.165, 1.54) is 4.90 Å². The lowest BCUT2D eigenvalue weighted by Gasteiger charge is -2.33. The number of nitrogens with one attached hydrogen (secondary N) is 1. The van der Waals surface area contributed by atoms with Gasteiger partial charge < -0.3 is 10.2 Å². The molecule has 0 saturated heterocycles. The number of sulfonamides is 1. The van der Waals surface area contributed by atoms with E-state index in [9.17, 15) is 18.0 Å². The topological polar surface area (TPSA) is 86.8 Å². The molecule has 0 aliphatic rings. The van der Waals surface area contributed by atoms with Gasteiger partial charge in [0, 0.05) is 12.6 Å². The zero-order valence-corrected chi connectivity index (χ0v) is 20.9. The van der Waals surface area contributed by atoms with Crippen molar-refractivity contribution in [3.05, 3.63) is 65.7 Å². The molecule has 2 aromatic carbocycles. The Hall–Kier alpha value is -2.87. The second-order valence-electron chi connectivity index (χ2n) is 8.30. The van der Waals surface area contributed by atoms with Gasteiger partial charge in [0.1, 0.15) is 12.6 Å². The number of para-hydroxylation sites is 1. The minimum Gasteiger partial charge on any atom is -0.352 e. The van der Waals surface area contributed by atoms with E-state index in [4.69, 9.17) is 0 Å². The van der Waals surface area contributed by atoms with Gasteiger partial charge in [0.2, 0.25) is 21.8 Å². The normalized spacial score (nSPS) is 13.1. The van der Waals surface area contributed by atoms with Gasteiger partial charge >= 0.3 is 0 Å². The van der Waals surface area contributed by atoms with Gasteiger partial charge in [-0.2, -0.15) is 0 Å². The first-order valence-electron chi connectivity index (χ1n) is 11.3. The van der Waals surface area contributed by atoms with Crippen LogP contribution in [0.5, 0.6) is 0 Å². The van der Waals surface area contributed by atoms with Gasteiger partial charge in [-0.15, -0.1) is 0 Å². The number of amides is 2. The highest BCUT2D eigenvalue weighted by molar-refractivity contribution is 7.92. The molecule has 2 amide bonds. The zero-order chi connectivity index (χ0) is 24.6. The Balaban J connectivity index is 2.43. The number of hydrogen-bond donors (Lipinski definition) is 1. The number of nitrogens with zero attached hydrogens (tertiary/aromatic N) is 2. The van der Waals surface area contributed by atoms with E-state index in [0.29, 0.717) is 12.1 Å². The minimum absolute atomic E-state index is 0.0289. The summed E-state index contributed by atoms with van der Waals surface area (Å²) in [5, 5.41) is 2.97. The van der Waals surface area contributed by atoms with Crippen molar-refractivity contribution in [2.45, 2.75) is 59.2 Å². The Kier molecular flexibility index (Phi) is 9.46. The van der Waals surface area contributed by atoms with E-state index in [2.05, 4.69) is 5.32 Å². The molecule has 7 nitrogen and oxygen atoms in total. The maximum absolute atomic E-state index is 13.6. The fraction of sp³-hybridized carbons (Fsp3) is 0.440. The third-order valence-corrected chi connectivity index (χ3v) is 6.85. The van der Waals surface area contributed by atoms with E-state index in [-0.39, 0.29) is 25.0 Å². The van der Waals surface area contributed by atoms with Crippen LogP contribution >= 0.6 is 0 Å². The Morgan fingerprint density at radius 2 is 1.58 bits per heavy atom. The van der Waals surface area contributed by atoms with Crippen molar-refractivity contribution in [1.29, 1.82) is 0 Å². The molecular formula is C25H35N3O4S. The average molecular weight is 474 g/mol. The molecule has 8 heteroatoms. The van der Waals surface area contributed by atoms with Gasteiger partial charge in [-0.1, -0.05) is 56.3 Å². The number of rotatable bonds is 11. The summed E-state index contributed by atoms with van der Waals surface area (Å²) in [7, 11) is -3.72. The second-order valence-corrected chi connectivity index (χ2v) is 10.2. The lowest BCUT2D eigenvalue weighted by molar-refractivity contribution is -0.140. The molecule has 0 radical (unpaired) electrons. The SMILES string of the molecule is CC[C@H](C(=O)N[C@@H](C)CC)N(Cc1ccccc1C)C(=O)CN(c1ccccc1)S(C)(=O)=O. The molecule has 2 rings (SSSR count). The van der Waals surface area contributed by atoms with E-state index >= 15 is 0 Å². The third-order valence-electron chi connectivity index (χ3n) is 5.71. The highest BCUT2D eigenvalue weighted by Gasteiger charge is 2.32. The molecule has 0 saturated carbocycles. The number of benzene rings is 2. The van der Waals surface area contributed by atoms with Crippen LogP contribution in [0.4, 0.5) is 5.69 Å². The second kappa shape index (κ2) is 11.8. The maximum Gasteiger partial charge on any atom is 0.244 e. The molecule has 0 aromatic heterocycles. The number of carbonyl (C=O) groups excluding carboxylic acids is 2.